The van der Waals surface area contributed by atoms with Gasteiger partial charge in [0.25, 0.3) is 5.91 Å². The Hall–Kier alpha value is -2.18. The monoisotopic (exact) mass is 402 g/mol. The van der Waals surface area contributed by atoms with E-state index in [9.17, 15) is 13.2 Å². The van der Waals surface area contributed by atoms with E-state index in [2.05, 4.69) is 0 Å². The van der Waals surface area contributed by atoms with E-state index in [1.807, 2.05) is 65.0 Å². The van der Waals surface area contributed by atoms with Gasteiger partial charge in [0, 0.05) is 31.2 Å². The zero-order chi connectivity index (χ0) is 20.9. The molecule has 0 aliphatic heterocycles. The van der Waals surface area contributed by atoms with E-state index >= 15 is 0 Å². The lowest BCUT2D eigenvalue weighted by Crippen LogP contribution is -2.37. The molecule has 0 aliphatic carbocycles. The molecule has 0 bridgehead atoms. The average Bonchev–Trinajstić information content (AvgIpc) is 2.67. The van der Waals surface area contributed by atoms with Crippen LogP contribution in [0.5, 0.6) is 0 Å². The van der Waals surface area contributed by atoms with Crippen molar-refractivity contribution in [2.24, 2.45) is 0 Å². The van der Waals surface area contributed by atoms with Gasteiger partial charge in [-0.15, -0.1) is 0 Å². The summed E-state index contributed by atoms with van der Waals surface area (Å²) in [6, 6.07) is 14.6. The Morgan fingerprint density at radius 2 is 1.61 bits per heavy atom. The first-order chi connectivity index (χ1) is 13.2. The van der Waals surface area contributed by atoms with Crippen molar-refractivity contribution in [2.75, 3.05) is 13.1 Å². The van der Waals surface area contributed by atoms with Crippen LogP contribution < -0.4 is 0 Å². The lowest BCUT2D eigenvalue weighted by molar-refractivity contribution is 0.0689. The van der Waals surface area contributed by atoms with Crippen LogP contribution in [0.2, 0.25) is 0 Å². The number of aryl methyl sites for hydroxylation is 1. The molecule has 6 heteroatoms. The molecule has 0 aliphatic rings. The second-order valence-electron chi connectivity index (χ2n) is 7.08. The maximum atomic E-state index is 13.3. The van der Waals surface area contributed by atoms with E-state index in [4.69, 9.17) is 0 Å². The highest BCUT2D eigenvalue weighted by molar-refractivity contribution is 7.89. The normalized spacial score (nSPS) is 11.8. The predicted octanol–water partition coefficient (Wildman–Crippen LogP) is 4.08. The van der Waals surface area contributed by atoms with Gasteiger partial charge in [0.2, 0.25) is 10.0 Å². The Morgan fingerprint density at radius 3 is 2.14 bits per heavy atom. The number of hydrogen-bond acceptors (Lipinski definition) is 3. The van der Waals surface area contributed by atoms with Gasteiger partial charge in [0.05, 0.1) is 4.90 Å². The van der Waals surface area contributed by atoms with Crippen LogP contribution in [0.4, 0.5) is 0 Å². The van der Waals surface area contributed by atoms with Gasteiger partial charge in [-0.25, -0.2) is 8.42 Å². The summed E-state index contributed by atoms with van der Waals surface area (Å²) in [5, 5.41) is 0. The van der Waals surface area contributed by atoms with Crippen molar-refractivity contribution >= 4 is 15.9 Å². The van der Waals surface area contributed by atoms with Crippen molar-refractivity contribution in [1.82, 2.24) is 9.21 Å². The Kier molecular flexibility index (Phi) is 7.38. The van der Waals surface area contributed by atoms with Crippen LogP contribution in [0.3, 0.4) is 0 Å². The summed E-state index contributed by atoms with van der Waals surface area (Å²) in [5.41, 5.74) is 2.23. The van der Waals surface area contributed by atoms with Crippen LogP contribution in [0.15, 0.2) is 53.4 Å². The first-order valence-corrected chi connectivity index (χ1v) is 11.1. The highest BCUT2D eigenvalue weighted by Crippen LogP contribution is 2.22. The number of sulfonamides is 1. The quantitative estimate of drug-likeness (QED) is 0.669. The number of benzene rings is 2. The molecule has 2 rings (SSSR count). The molecule has 0 saturated carbocycles. The largest absolute Gasteiger partial charge is 0.332 e. The highest BCUT2D eigenvalue weighted by Gasteiger charge is 2.26. The van der Waals surface area contributed by atoms with Gasteiger partial charge in [0.15, 0.2) is 0 Å². The van der Waals surface area contributed by atoms with Crippen molar-refractivity contribution in [3.05, 3.63) is 65.2 Å². The van der Waals surface area contributed by atoms with Crippen molar-refractivity contribution in [2.45, 2.75) is 52.1 Å². The summed E-state index contributed by atoms with van der Waals surface area (Å²) in [4.78, 5) is 15.2. The van der Waals surface area contributed by atoms with Gasteiger partial charge >= 0.3 is 0 Å². The molecule has 0 saturated heterocycles. The number of carbonyl (C=O) groups excluding carboxylic acids is 1. The maximum Gasteiger partial charge on any atom is 0.254 e. The summed E-state index contributed by atoms with van der Waals surface area (Å²) in [7, 11) is -3.62. The zero-order valence-electron chi connectivity index (χ0n) is 17.3. The number of hydrogen-bond donors (Lipinski definition) is 0. The van der Waals surface area contributed by atoms with E-state index in [1.165, 1.54) is 10.4 Å². The summed E-state index contributed by atoms with van der Waals surface area (Å²) in [5.74, 6) is -0.159. The SMILES string of the molecule is CCN(CC)S(=O)(=O)c1ccc(C)c(C(=O)N(Cc2ccccc2)C(C)C)c1. The first-order valence-electron chi connectivity index (χ1n) is 9.68. The molecular formula is C22H30N2O3S. The van der Waals surface area contributed by atoms with E-state index in [0.29, 0.717) is 25.2 Å². The molecule has 0 atom stereocenters. The molecule has 0 N–H and O–H groups in total. The Labute approximate surface area is 169 Å². The van der Waals surface area contributed by atoms with E-state index in [1.54, 1.807) is 17.0 Å². The molecule has 1 amide bonds. The molecule has 0 radical (unpaired) electrons. The third-order valence-corrected chi connectivity index (χ3v) is 6.91. The third kappa shape index (κ3) is 4.80. The average molecular weight is 403 g/mol. The molecule has 0 fully saturated rings. The standard InChI is InChI=1S/C22H30N2O3S/c1-6-23(7-2)28(26,27)20-14-13-18(5)21(15-20)22(25)24(17(3)4)16-19-11-9-8-10-12-19/h8-15,17H,6-7,16H2,1-5H3. The smallest absolute Gasteiger partial charge is 0.254 e. The molecule has 0 heterocycles. The lowest BCUT2D eigenvalue weighted by Gasteiger charge is -2.28. The van der Waals surface area contributed by atoms with Crippen molar-refractivity contribution in [3.63, 3.8) is 0 Å². The molecule has 0 unspecified atom stereocenters. The Morgan fingerprint density at radius 1 is 1.00 bits per heavy atom. The summed E-state index contributed by atoms with van der Waals surface area (Å²) in [6.07, 6.45) is 0. The molecule has 28 heavy (non-hydrogen) atoms. The van der Waals surface area contributed by atoms with E-state index < -0.39 is 10.0 Å². The third-order valence-electron chi connectivity index (χ3n) is 4.86. The van der Waals surface area contributed by atoms with Crippen LogP contribution in [0.1, 0.15) is 49.2 Å². The zero-order valence-corrected chi connectivity index (χ0v) is 18.2. The minimum absolute atomic E-state index is 0.0184. The van der Waals surface area contributed by atoms with Gasteiger partial charge in [-0.1, -0.05) is 50.2 Å². The number of carbonyl (C=O) groups is 1. The summed E-state index contributed by atoms with van der Waals surface area (Å²) < 4.78 is 27.2. The fourth-order valence-electron chi connectivity index (χ4n) is 3.13. The summed E-state index contributed by atoms with van der Waals surface area (Å²) >= 11 is 0. The van der Waals surface area contributed by atoms with Crippen LogP contribution in [0, 0.1) is 6.92 Å². The minimum atomic E-state index is -3.62. The van der Waals surface area contributed by atoms with Gasteiger partial charge in [-0.05, 0) is 44.0 Å². The van der Waals surface area contributed by atoms with Gasteiger partial charge in [0.1, 0.15) is 0 Å². The van der Waals surface area contributed by atoms with Gasteiger partial charge in [-0.2, -0.15) is 4.31 Å². The fraction of sp³-hybridized carbons (Fsp3) is 0.409. The van der Waals surface area contributed by atoms with Crippen LogP contribution in [-0.2, 0) is 16.6 Å². The van der Waals surface area contributed by atoms with Crippen LogP contribution in [0.25, 0.3) is 0 Å². The van der Waals surface area contributed by atoms with Crippen molar-refractivity contribution in [3.8, 4) is 0 Å². The molecule has 5 nitrogen and oxygen atoms in total. The molecule has 2 aromatic carbocycles. The fourth-order valence-corrected chi connectivity index (χ4v) is 4.61. The molecule has 152 valence electrons. The number of nitrogens with zero attached hydrogens (tertiary/aromatic N) is 2. The van der Waals surface area contributed by atoms with Gasteiger partial charge < -0.3 is 4.90 Å². The maximum absolute atomic E-state index is 13.3. The highest BCUT2D eigenvalue weighted by atomic mass is 32.2. The van der Waals surface area contributed by atoms with Crippen molar-refractivity contribution in [1.29, 1.82) is 0 Å². The molecule has 0 spiro atoms. The number of amides is 1. The van der Waals surface area contributed by atoms with E-state index in [-0.39, 0.29) is 16.8 Å². The van der Waals surface area contributed by atoms with Crippen LogP contribution in [-0.4, -0.2) is 42.7 Å². The Balaban J connectivity index is 2.43. The molecular weight excluding hydrogens is 372 g/mol. The van der Waals surface area contributed by atoms with Gasteiger partial charge in [-0.3, -0.25) is 4.79 Å². The molecule has 2 aromatic rings. The molecule has 0 aromatic heterocycles. The van der Waals surface area contributed by atoms with Crippen molar-refractivity contribution < 1.29 is 13.2 Å². The second kappa shape index (κ2) is 9.34. The lowest BCUT2D eigenvalue weighted by atomic mass is 10.1. The second-order valence-corrected chi connectivity index (χ2v) is 9.02. The topological polar surface area (TPSA) is 57.7 Å². The number of rotatable bonds is 8. The first kappa shape index (κ1) is 22.1. The van der Waals surface area contributed by atoms with E-state index in [0.717, 1.165) is 11.1 Å². The Bertz CT molecular complexity index is 905. The minimum Gasteiger partial charge on any atom is -0.332 e. The van der Waals surface area contributed by atoms with Crippen LogP contribution >= 0.6 is 0 Å². The summed E-state index contributed by atoms with van der Waals surface area (Å²) in [6.45, 7) is 10.6. The predicted molar refractivity (Wildman–Crippen MR) is 113 cm³/mol.